The van der Waals surface area contributed by atoms with Gasteiger partial charge in [0, 0.05) is 51.9 Å². The maximum Gasteiger partial charge on any atom is 0.342 e. The van der Waals surface area contributed by atoms with Gasteiger partial charge in [-0.15, -0.1) is 28.7 Å². The number of methoxy groups -OCH3 is 2. The van der Waals surface area contributed by atoms with Crippen molar-refractivity contribution in [3.05, 3.63) is 89.4 Å². The van der Waals surface area contributed by atoms with Gasteiger partial charge in [-0.2, -0.15) is 0 Å². The quantitative estimate of drug-likeness (QED) is 0.0544. The Balaban J connectivity index is 0.000000971. The van der Waals surface area contributed by atoms with Gasteiger partial charge >= 0.3 is 17.9 Å². The van der Waals surface area contributed by atoms with E-state index in [1.807, 2.05) is 100 Å². The number of hydrogen-bond acceptors (Lipinski definition) is 12. The van der Waals surface area contributed by atoms with Gasteiger partial charge in [0.25, 0.3) is 23.6 Å². The molecule has 0 bridgehead atoms. The lowest BCUT2D eigenvalue weighted by Crippen LogP contribution is -2.52. The van der Waals surface area contributed by atoms with Crippen LogP contribution in [0, 0.1) is 35.5 Å². The van der Waals surface area contributed by atoms with Crippen LogP contribution in [0.25, 0.3) is 0 Å². The second kappa shape index (κ2) is 39.2. The zero-order valence-electron chi connectivity index (χ0n) is 51.1. The predicted octanol–water partition coefficient (Wildman–Crippen LogP) is 8.72. The van der Waals surface area contributed by atoms with Gasteiger partial charge in [-0.1, -0.05) is 121 Å². The van der Waals surface area contributed by atoms with Gasteiger partial charge < -0.3 is 39.5 Å². The average molecular weight is 1100 g/mol. The third-order valence-corrected chi connectivity index (χ3v) is 13.7. The summed E-state index contributed by atoms with van der Waals surface area (Å²) >= 11 is 0. The second-order valence-electron chi connectivity index (χ2n) is 21.8. The fourth-order valence-electron chi connectivity index (χ4n) is 8.81. The van der Waals surface area contributed by atoms with E-state index >= 15 is 0 Å². The number of carbonyl (C=O) groups excluding carboxylic acids is 7. The molecular formula is C63H100N6O10. The number of rotatable bonds is 19. The number of hydrogen-bond donors (Lipinski definition) is 2. The summed E-state index contributed by atoms with van der Waals surface area (Å²) < 4.78 is 14.4. The zero-order chi connectivity index (χ0) is 60.5. The van der Waals surface area contributed by atoms with Crippen LogP contribution < -0.4 is 10.6 Å². The molecule has 2 unspecified atom stereocenters. The number of piperazine rings is 1. The van der Waals surface area contributed by atoms with Crippen molar-refractivity contribution in [3.8, 4) is 0 Å². The number of carbonyl (C=O) groups is 7. The molecule has 0 aromatic heterocycles. The van der Waals surface area contributed by atoms with Crippen molar-refractivity contribution >= 4 is 41.5 Å². The summed E-state index contributed by atoms with van der Waals surface area (Å²) in [6.07, 6.45) is 10.7. The van der Waals surface area contributed by atoms with E-state index in [4.69, 9.17) is 9.47 Å². The van der Waals surface area contributed by atoms with Crippen LogP contribution in [0.2, 0.25) is 0 Å². The molecule has 16 nitrogen and oxygen atoms in total. The van der Waals surface area contributed by atoms with Crippen LogP contribution in [-0.2, 0) is 47.8 Å². The largest absolute Gasteiger partial charge is 0.468 e. The van der Waals surface area contributed by atoms with Crippen LogP contribution >= 0.6 is 0 Å². The van der Waals surface area contributed by atoms with Crippen LogP contribution in [0.1, 0.15) is 134 Å². The Morgan fingerprint density at radius 2 is 1.00 bits per heavy atom. The minimum atomic E-state index is -0.481. The Labute approximate surface area is 475 Å². The predicted molar refractivity (Wildman–Crippen MR) is 314 cm³/mol. The Morgan fingerprint density at radius 3 is 1.41 bits per heavy atom. The van der Waals surface area contributed by atoms with Crippen LogP contribution in [-0.4, -0.2) is 160 Å². The summed E-state index contributed by atoms with van der Waals surface area (Å²) in [5.74, 6) is -0.308. The molecule has 2 aliphatic heterocycles. The highest BCUT2D eigenvalue weighted by Gasteiger charge is 2.37. The normalized spacial score (nSPS) is 16.1. The van der Waals surface area contributed by atoms with E-state index in [1.54, 1.807) is 4.90 Å². The monoisotopic (exact) mass is 1100 g/mol. The molecule has 0 aromatic rings. The third kappa shape index (κ3) is 27.0. The van der Waals surface area contributed by atoms with Crippen LogP contribution in [0.15, 0.2) is 89.4 Å². The lowest BCUT2D eigenvalue weighted by molar-refractivity contribution is -0.150. The maximum atomic E-state index is 12.4. The summed E-state index contributed by atoms with van der Waals surface area (Å²) in [5, 5.41) is 5.24. The Hall–Kier alpha value is -6.19. The summed E-state index contributed by atoms with van der Waals surface area (Å²) in [4.78, 5) is 89.6. The molecule has 4 aliphatic rings. The van der Waals surface area contributed by atoms with Gasteiger partial charge in [0.1, 0.15) is 18.7 Å². The summed E-state index contributed by atoms with van der Waals surface area (Å²) in [7, 11) is 6.55. The first kappa shape index (κ1) is 72.8. The minimum absolute atomic E-state index is 0.0325. The molecule has 0 spiro atoms. The lowest BCUT2D eigenvalue weighted by Gasteiger charge is -2.41. The van der Waals surface area contributed by atoms with Gasteiger partial charge in [0.2, 0.25) is 0 Å². The van der Waals surface area contributed by atoms with E-state index in [0.717, 1.165) is 50.8 Å². The van der Waals surface area contributed by atoms with Gasteiger partial charge in [-0.3, -0.25) is 28.9 Å². The van der Waals surface area contributed by atoms with Gasteiger partial charge in [0.15, 0.2) is 0 Å². The topological polar surface area (TPSA) is 184 Å². The first-order valence-corrected chi connectivity index (χ1v) is 28.1. The summed E-state index contributed by atoms with van der Waals surface area (Å²) in [6, 6.07) is 0.315. The first-order chi connectivity index (χ1) is 37.2. The van der Waals surface area contributed by atoms with Crippen molar-refractivity contribution in [2.24, 2.45) is 35.5 Å². The number of nitrogens with one attached hydrogen (secondary N) is 2. The Kier molecular flexibility index (Phi) is 36.2. The van der Waals surface area contributed by atoms with Gasteiger partial charge in [-0.05, 0) is 95.1 Å². The standard InChI is InChI=1S/C17H28N2O.C13H19NO3.C12H18O2.C11H20N2O.C10H15NO3/c1-4-16(14(2)3)17(20)19-12-10-18(11-13-19)15-8-6-5-7-9-15;1-5-10(9(2)3)12(15)14-8-6-7-11(14)13(16)17-4;1-5-11(8(2)3)12(13)14-9(4)10-6-7-10;1-6-10(9(2)3)11(14)12-7-8-13(4)5;1-5-8(7(2)3)10(13)11-6-9(12)14-4/h14-15H,1,5-13H2,2-3H3;9,11H,1,6-8H2,2-4H3;8-10H,1,6-7H2,2-4H3;9H,1,7-8H2,2-5H3,(H,12,14);7H,1,6H2,2-4H3,(H,11,13). The number of likely N-dealkylation sites (tertiary alicyclic amines) is 1. The number of likely N-dealkylation sites (N-methyl/N-ethyl adjacent to an activating group) is 1. The van der Waals surface area contributed by atoms with Crippen LogP contribution in [0.4, 0.5) is 0 Å². The Morgan fingerprint density at radius 1 is 0.544 bits per heavy atom. The molecule has 2 aliphatic carbocycles. The van der Waals surface area contributed by atoms with Gasteiger partial charge in [-0.25, -0.2) is 9.59 Å². The van der Waals surface area contributed by atoms with Crippen molar-refractivity contribution in [2.75, 3.05) is 80.7 Å². The van der Waals surface area contributed by atoms with Crippen molar-refractivity contribution in [1.82, 2.24) is 30.2 Å². The first-order valence-electron chi connectivity index (χ1n) is 28.1. The van der Waals surface area contributed by atoms with E-state index in [-0.39, 0.29) is 77.8 Å². The van der Waals surface area contributed by atoms with Crippen LogP contribution in [0.5, 0.6) is 0 Å². The molecule has 0 aromatic carbocycles. The molecule has 2 N–H and O–H groups in total. The summed E-state index contributed by atoms with van der Waals surface area (Å²) in [6.45, 7) is 44.7. The van der Waals surface area contributed by atoms with E-state index in [2.05, 4.69) is 81.8 Å². The lowest BCUT2D eigenvalue weighted by atomic mass is 9.93. The second-order valence-corrected chi connectivity index (χ2v) is 21.8. The summed E-state index contributed by atoms with van der Waals surface area (Å²) in [5.41, 5.74) is 16.3. The molecular weight excluding hydrogens is 1000 g/mol. The smallest absolute Gasteiger partial charge is 0.342 e. The highest BCUT2D eigenvalue weighted by Crippen LogP contribution is 2.34. The van der Waals surface area contributed by atoms with Crippen molar-refractivity contribution in [3.63, 3.8) is 0 Å². The highest BCUT2D eigenvalue weighted by atomic mass is 16.5. The number of ether oxygens (including phenoxy) is 3. The molecule has 4 fully saturated rings. The number of amides is 4. The fraction of sp³-hybridized carbons (Fsp3) is 0.651. The number of esters is 3. The van der Waals surface area contributed by atoms with Crippen LogP contribution in [0.3, 0.4) is 0 Å². The molecule has 4 amide bonds. The molecule has 0 radical (unpaired) electrons. The SMILES string of the molecule is C=C=C(C(=O)N1CCCC1C(=O)OC)C(C)C.C=C=C(C(=O)N1CCN(C2CCCCC2)CC1)C(C)C.C=C=C(C(=O)NCC(=O)OC)C(C)C.C=C=C(C(=O)NCCN(C)C)C(C)C.C=C=C(C(=O)OC(C)C1CC1)C(C)C. The maximum absolute atomic E-state index is 12.4. The number of nitrogens with zero attached hydrogens (tertiary/aromatic N) is 4. The molecule has 16 heteroatoms. The molecule has 79 heavy (non-hydrogen) atoms. The highest BCUT2D eigenvalue weighted by molar-refractivity contribution is 5.97. The van der Waals surface area contributed by atoms with E-state index < -0.39 is 12.0 Å². The molecule has 2 heterocycles. The van der Waals surface area contributed by atoms with E-state index in [1.165, 1.54) is 59.2 Å². The minimum Gasteiger partial charge on any atom is -0.468 e. The molecule has 2 saturated carbocycles. The van der Waals surface area contributed by atoms with E-state index in [0.29, 0.717) is 47.7 Å². The Bertz CT molecular complexity index is 2260. The fourth-order valence-corrected chi connectivity index (χ4v) is 8.81. The molecule has 2 saturated heterocycles. The van der Waals surface area contributed by atoms with Crippen molar-refractivity contribution < 1.29 is 47.8 Å². The average Bonchev–Trinajstić information content (AvgIpc) is 4.16. The zero-order valence-corrected chi connectivity index (χ0v) is 51.1. The van der Waals surface area contributed by atoms with Crippen molar-refractivity contribution in [2.45, 2.75) is 152 Å². The van der Waals surface area contributed by atoms with E-state index in [9.17, 15) is 33.6 Å². The third-order valence-electron chi connectivity index (χ3n) is 13.7. The molecule has 2 atom stereocenters. The molecule has 4 rings (SSSR count). The van der Waals surface area contributed by atoms with Gasteiger partial charge in [0.05, 0.1) is 42.1 Å². The molecule has 442 valence electrons. The van der Waals surface area contributed by atoms with Crippen molar-refractivity contribution in [1.29, 1.82) is 0 Å².